The molecule has 0 bridgehead atoms. The summed E-state index contributed by atoms with van der Waals surface area (Å²) < 4.78 is 16.4. The quantitative estimate of drug-likeness (QED) is 0.179. The van der Waals surface area contributed by atoms with E-state index in [2.05, 4.69) is 115 Å². The lowest BCUT2D eigenvalue weighted by molar-refractivity contribution is 0.632. The molecule has 0 nitrogen and oxygen atoms in total. The standard InChI is InChI=1S/C44H29F/c45-41-29-35(30-15-4-1-5-16-30)28-40(31-17-6-2-7-18-31)44(41)34-22-14-21-33(27-34)43-38-25-12-10-23-36(38)42(32-19-8-3-9-20-32)37-24-11-13-26-39(37)43/h1-29H. The fraction of sp³-hybridized carbons (Fsp3) is 0. The maximum atomic E-state index is 16.4. The number of hydrogen-bond acceptors (Lipinski definition) is 0. The minimum Gasteiger partial charge on any atom is -0.206 e. The fourth-order valence-electron chi connectivity index (χ4n) is 6.73. The van der Waals surface area contributed by atoms with Crippen molar-refractivity contribution in [2.45, 2.75) is 0 Å². The molecule has 0 N–H and O–H groups in total. The first-order valence-corrected chi connectivity index (χ1v) is 15.3. The minimum atomic E-state index is -0.235. The Morgan fingerprint density at radius 1 is 0.267 bits per heavy atom. The second-order valence-electron chi connectivity index (χ2n) is 11.4. The van der Waals surface area contributed by atoms with Gasteiger partial charge in [-0.05, 0) is 89.8 Å². The van der Waals surface area contributed by atoms with E-state index in [1.807, 2.05) is 54.6 Å². The van der Waals surface area contributed by atoms with E-state index in [1.54, 1.807) is 6.07 Å². The topological polar surface area (TPSA) is 0 Å². The van der Waals surface area contributed by atoms with Crippen molar-refractivity contribution < 1.29 is 4.39 Å². The van der Waals surface area contributed by atoms with E-state index in [0.29, 0.717) is 5.56 Å². The van der Waals surface area contributed by atoms with Crippen LogP contribution in [-0.2, 0) is 0 Å². The van der Waals surface area contributed by atoms with E-state index >= 15 is 4.39 Å². The zero-order valence-corrected chi connectivity index (χ0v) is 24.6. The molecule has 0 saturated heterocycles. The van der Waals surface area contributed by atoms with Crippen LogP contribution in [0.2, 0.25) is 0 Å². The molecular weight excluding hydrogens is 547 g/mol. The molecule has 0 aromatic heterocycles. The Balaban J connectivity index is 1.39. The van der Waals surface area contributed by atoms with Crippen LogP contribution >= 0.6 is 0 Å². The monoisotopic (exact) mass is 576 g/mol. The van der Waals surface area contributed by atoms with Gasteiger partial charge in [-0.25, -0.2) is 4.39 Å². The van der Waals surface area contributed by atoms with Crippen LogP contribution in [0.1, 0.15) is 0 Å². The molecule has 45 heavy (non-hydrogen) atoms. The predicted octanol–water partition coefficient (Wildman–Crippen LogP) is 12.5. The van der Waals surface area contributed by atoms with Gasteiger partial charge in [0.15, 0.2) is 0 Å². The number of fused-ring (bicyclic) bond motifs is 2. The van der Waals surface area contributed by atoms with Gasteiger partial charge < -0.3 is 0 Å². The number of hydrogen-bond donors (Lipinski definition) is 0. The normalized spacial score (nSPS) is 11.2. The van der Waals surface area contributed by atoms with Crippen LogP contribution in [0.5, 0.6) is 0 Å². The summed E-state index contributed by atoms with van der Waals surface area (Å²) in [7, 11) is 0. The molecule has 8 rings (SSSR count). The average molecular weight is 577 g/mol. The average Bonchev–Trinajstić information content (AvgIpc) is 3.11. The smallest absolute Gasteiger partial charge is 0.132 e. The SMILES string of the molecule is Fc1cc(-c2ccccc2)cc(-c2ccccc2)c1-c1cccc(-c2c3ccccc3c(-c3ccccc3)c3ccccc23)c1. The van der Waals surface area contributed by atoms with Crippen LogP contribution < -0.4 is 0 Å². The third-order valence-corrected chi connectivity index (χ3v) is 8.72. The summed E-state index contributed by atoms with van der Waals surface area (Å²) in [4.78, 5) is 0. The molecule has 0 heterocycles. The third kappa shape index (κ3) is 4.80. The lowest BCUT2D eigenvalue weighted by Crippen LogP contribution is -1.94. The lowest BCUT2D eigenvalue weighted by atomic mass is 9.84. The summed E-state index contributed by atoms with van der Waals surface area (Å²) in [6.45, 7) is 0. The number of rotatable bonds is 5. The molecule has 0 atom stereocenters. The molecule has 0 fully saturated rings. The molecular formula is C44H29F. The first-order valence-electron chi connectivity index (χ1n) is 15.3. The Bertz CT molecular complexity index is 2250. The first-order chi connectivity index (χ1) is 22.3. The van der Waals surface area contributed by atoms with Crippen LogP contribution in [-0.4, -0.2) is 0 Å². The van der Waals surface area contributed by atoms with Gasteiger partial charge in [0.1, 0.15) is 5.82 Å². The van der Waals surface area contributed by atoms with E-state index in [1.165, 1.54) is 32.7 Å². The second-order valence-corrected chi connectivity index (χ2v) is 11.4. The molecule has 0 spiro atoms. The molecule has 0 amide bonds. The molecule has 8 aromatic carbocycles. The Morgan fingerprint density at radius 2 is 0.667 bits per heavy atom. The van der Waals surface area contributed by atoms with Crippen molar-refractivity contribution in [1.82, 2.24) is 0 Å². The van der Waals surface area contributed by atoms with E-state index < -0.39 is 0 Å². The van der Waals surface area contributed by atoms with Crippen molar-refractivity contribution in [2.75, 3.05) is 0 Å². The van der Waals surface area contributed by atoms with Gasteiger partial charge in [-0.3, -0.25) is 0 Å². The van der Waals surface area contributed by atoms with Gasteiger partial charge >= 0.3 is 0 Å². The highest BCUT2D eigenvalue weighted by molar-refractivity contribution is 6.21. The van der Waals surface area contributed by atoms with Gasteiger partial charge in [-0.2, -0.15) is 0 Å². The fourth-order valence-corrected chi connectivity index (χ4v) is 6.73. The van der Waals surface area contributed by atoms with Gasteiger partial charge in [0.05, 0.1) is 0 Å². The largest absolute Gasteiger partial charge is 0.206 e. The molecule has 0 unspecified atom stereocenters. The van der Waals surface area contributed by atoms with Crippen LogP contribution in [0.4, 0.5) is 4.39 Å². The molecule has 212 valence electrons. The maximum absolute atomic E-state index is 16.4. The lowest BCUT2D eigenvalue weighted by Gasteiger charge is -2.19. The highest BCUT2D eigenvalue weighted by atomic mass is 19.1. The van der Waals surface area contributed by atoms with E-state index in [4.69, 9.17) is 0 Å². The van der Waals surface area contributed by atoms with Crippen LogP contribution in [0.15, 0.2) is 176 Å². The molecule has 8 aromatic rings. The van der Waals surface area contributed by atoms with Crippen molar-refractivity contribution in [2.24, 2.45) is 0 Å². The highest BCUT2D eigenvalue weighted by Crippen LogP contribution is 2.45. The van der Waals surface area contributed by atoms with Gasteiger partial charge in [-0.15, -0.1) is 0 Å². The van der Waals surface area contributed by atoms with Crippen LogP contribution in [0.3, 0.4) is 0 Å². The Kier molecular flexibility index (Phi) is 6.77. The summed E-state index contributed by atoms with van der Waals surface area (Å²) in [6, 6.07) is 60.2. The van der Waals surface area contributed by atoms with Gasteiger partial charge in [-0.1, -0.05) is 158 Å². The van der Waals surface area contributed by atoms with Crippen molar-refractivity contribution in [3.63, 3.8) is 0 Å². The van der Waals surface area contributed by atoms with Crippen LogP contribution in [0.25, 0.3) is 77.2 Å². The maximum Gasteiger partial charge on any atom is 0.132 e. The Labute approximate surface area is 262 Å². The van der Waals surface area contributed by atoms with E-state index in [0.717, 1.165) is 38.9 Å². The zero-order valence-electron chi connectivity index (χ0n) is 24.6. The van der Waals surface area contributed by atoms with E-state index in [-0.39, 0.29) is 5.82 Å². The van der Waals surface area contributed by atoms with Crippen molar-refractivity contribution in [1.29, 1.82) is 0 Å². The Hall–Kier alpha value is -5.79. The summed E-state index contributed by atoms with van der Waals surface area (Å²) in [5.41, 5.74) is 9.81. The van der Waals surface area contributed by atoms with Crippen molar-refractivity contribution >= 4 is 21.5 Å². The van der Waals surface area contributed by atoms with Crippen LogP contribution in [0, 0.1) is 5.82 Å². The molecule has 0 aliphatic carbocycles. The molecule has 0 saturated carbocycles. The molecule has 0 aliphatic heterocycles. The molecule has 1 heteroatoms. The van der Waals surface area contributed by atoms with Gasteiger partial charge in [0.2, 0.25) is 0 Å². The third-order valence-electron chi connectivity index (χ3n) is 8.72. The molecule has 0 aliphatic rings. The summed E-state index contributed by atoms with van der Waals surface area (Å²) in [5.74, 6) is -0.235. The second kappa shape index (κ2) is 11.4. The number of benzene rings is 8. The van der Waals surface area contributed by atoms with E-state index in [9.17, 15) is 0 Å². The minimum absolute atomic E-state index is 0.235. The summed E-state index contributed by atoms with van der Waals surface area (Å²) in [5, 5.41) is 4.75. The first kappa shape index (κ1) is 26.8. The van der Waals surface area contributed by atoms with Gasteiger partial charge in [0, 0.05) is 5.56 Å². The van der Waals surface area contributed by atoms with Gasteiger partial charge in [0.25, 0.3) is 0 Å². The summed E-state index contributed by atoms with van der Waals surface area (Å²) >= 11 is 0. The van der Waals surface area contributed by atoms with Crippen molar-refractivity contribution in [3.05, 3.63) is 182 Å². The molecule has 0 radical (unpaired) electrons. The summed E-state index contributed by atoms with van der Waals surface area (Å²) in [6.07, 6.45) is 0. The predicted molar refractivity (Wildman–Crippen MR) is 189 cm³/mol. The van der Waals surface area contributed by atoms with Crippen molar-refractivity contribution in [3.8, 4) is 55.6 Å². The Morgan fingerprint density at radius 3 is 1.20 bits per heavy atom. The number of halogens is 1. The highest BCUT2D eigenvalue weighted by Gasteiger charge is 2.19. The zero-order chi connectivity index (χ0) is 30.2.